The maximum absolute atomic E-state index is 5.45. The van der Waals surface area contributed by atoms with Gasteiger partial charge in [-0.2, -0.15) is 0 Å². The molecule has 0 fully saturated rings. The first kappa shape index (κ1) is 8.88. The SMILES string of the molecule is NCC[Se]c1ccc2c(c1)OCO2. The van der Waals surface area contributed by atoms with Crippen LogP contribution in [0.4, 0.5) is 0 Å². The number of rotatable bonds is 3. The van der Waals surface area contributed by atoms with Crippen molar-refractivity contribution < 1.29 is 9.47 Å². The van der Waals surface area contributed by atoms with Crippen LogP contribution in [-0.2, 0) is 0 Å². The summed E-state index contributed by atoms with van der Waals surface area (Å²) < 4.78 is 11.8. The third-order valence-electron chi connectivity index (χ3n) is 1.73. The van der Waals surface area contributed by atoms with Crippen LogP contribution in [0.2, 0.25) is 5.32 Å². The van der Waals surface area contributed by atoms with Crippen molar-refractivity contribution >= 4 is 19.4 Å². The monoisotopic (exact) mass is 245 g/mol. The molecule has 0 aliphatic carbocycles. The molecule has 0 saturated heterocycles. The minimum atomic E-state index is 0.350. The summed E-state index contributed by atoms with van der Waals surface area (Å²) >= 11 is 0.468. The van der Waals surface area contributed by atoms with Gasteiger partial charge in [-0.3, -0.25) is 0 Å². The standard InChI is InChI=1S/C9H11NO2Se/c10-3-4-13-7-1-2-8-9(5-7)12-6-11-8/h1-2,5H,3-4,6,10H2. The first-order valence-electron chi connectivity index (χ1n) is 4.12. The zero-order valence-electron chi connectivity index (χ0n) is 7.16. The third-order valence-corrected chi connectivity index (χ3v) is 3.89. The molecule has 0 spiro atoms. The van der Waals surface area contributed by atoms with Gasteiger partial charge in [-0.05, 0) is 0 Å². The van der Waals surface area contributed by atoms with Crippen LogP contribution in [0.15, 0.2) is 18.2 Å². The maximum atomic E-state index is 5.45. The second-order valence-electron chi connectivity index (χ2n) is 2.65. The van der Waals surface area contributed by atoms with Crippen LogP contribution in [0.25, 0.3) is 0 Å². The van der Waals surface area contributed by atoms with E-state index in [-0.39, 0.29) is 0 Å². The summed E-state index contributed by atoms with van der Waals surface area (Å²) in [7, 11) is 0. The number of hydrogen-bond donors (Lipinski definition) is 1. The van der Waals surface area contributed by atoms with E-state index in [0.717, 1.165) is 23.4 Å². The quantitative estimate of drug-likeness (QED) is 0.768. The normalized spacial score (nSPS) is 13.3. The molecule has 0 bridgehead atoms. The van der Waals surface area contributed by atoms with Crippen molar-refractivity contribution in [2.24, 2.45) is 5.73 Å². The van der Waals surface area contributed by atoms with E-state index in [9.17, 15) is 0 Å². The second-order valence-corrected chi connectivity index (χ2v) is 5.10. The predicted octanol–water partition coefficient (Wildman–Crippen LogP) is 0.122. The fourth-order valence-electron chi connectivity index (χ4n) is 1.14. The van der Waals surface area contributed by atoms with Crippen molar-refractivity contribution in [3.63, 3.8) is 0 Å². The molecule has 1 heterocycles. The van der Waals surface area contributed by atoms with Crippen molar-refractivity contribution in [1.29, 1.82) is 0 Å². The van der Waals surface area contributed by atoms with Gasteiger partial charge in [0.1, 0.15) is 0 Å². The fraction of sp³-hybridized carbons (Fsp3) is 0.333. The van der Waals surface area contributed by atoms with Gasteiger partial charge in [-0.1, -0.05) is 0 Å². The average molecular weight is 244 g/mol. The van der Waals surface area contributed by atoms with Crippen LogP contribution in [0.1, 0.15) is 0 Å². The number of nitrogens with two attached hydrogens (primary N) is 1. The van der Waals surface area contributed by atoms with Gasteiger partial charge in [-0.25, -0.2) is 0 Å². The van der Waals surface area contributed by atoms with Crippen LogP contribution in [-0.4, -0.2) is 28.3 Å². The molecular weight excluding hydrogens is 233 g/mol. The van der Waals surface area contributed by atoms with Crippen LogP contribution in [0, 0.1) is 0 Å². The van der Waals surface area contributed by atoms with E-state index < -0.39 is 0 Å². The Morgan fingerprint density at radius 3 is 3.00 bits per heavy atom. The van der Waals surface area contributed by atoms with E-state index in [4.69, 9.17) is 15.2 Å². The number of benzene rings is 1. The van der Waals surface area contributed by atoms with Crippen molar-refractivity contribution in [3.8, 4) is 11.5 Å². The van der Waals surface area contributed by atoms with Crippen LogP contribution in [0.5, 0.6) is 11.5 Å². The summed E-state index contributed by atoms with van der Waals surface area (Å²) in [6, 6.07) is 6.11. The van der Waals surface area contributed by atoms with E-state index in [2.05, 4.69) is 12.1 Å². The Kier molecular flexibility index (Phi) is 2.74. The molecule has 1 aromatic carbocycles. The van der Waals surface area contributed by atoms with Crippen LogP contribution >= 0.6 is 0 Å². The van der Waals surface area contributed by atoms with Crippen LogP contribution < -0.4 is 19.7 Å². The summed E-state index contributed by atoms with van der Waals surface area (Å²) in [4.78, 5) is 0. The summed E-state index contributed by atoms with van der Waals surface area (Å²) in [5.74, 6) is 1.73. The predicted molar refractivity (Wildman–Crippen MR) is 51.8 cm³/mol. The molecule has 1 aromatic rings. The van der Waals surface area contributed by atoms with Crippen molar-refractivity contribution in [3.05, 3.63) is 18.2 Å². The molecule has 1 aliphatic rings. The van der Waals surface area contributed by atoms with Gasteiger partial charge < -0.3 is 0 Å². The molecule has 0 unspecified atom stereocenters. The fourth-order valence-corrected chi connectivity index (χ4v) is 2.63. The summed E-state index contributed by atoms with van der Waals surface area (Å²) in [5.41, 5.74) is 5.45. The van der Waals surface area contributed by atoms with Gasteiger partial charge in [0.05, 0.1) is 0 Å². The van der Waals surface area contributed by atoms with Gasteiger partial charge in [0.2, 0.25) is 0 Å². The van der Waals surface area contributed by atoms with E-state index in [0.29, 0.717) is 21.7 Å². The molecule has 1 aliphatic heterocycles. The Hall–Kier alpha value is -0.701. The molecular formula is C9H11NO2Se. The second kappa shape index (κ2) is 4.01. The number of ether oxygens (including phenoxy) is 2. The number of hydrogen-bond acceptors (Lipinski definition) is 3. The van der Waals surface area contributed by atoms with Crippen molar-refractivity contribution in [2.75, 3.05) is 13.3 Å². The summed E-state index contributed by atoms with van der Waals surface area (Å²) in [5, 5.41) is 1.08. The number of fused-ring (bicyclic) bond motifs is 1. The molecule has 3 nitrogen and oxygen atoms in total. The Morgan fingerprint density at radius 1 is 1.31 bits per heavy atom. The molecule has 0 aromatic heterocycles. The first-order valence-corrected chi connectivity index (χ1v) is 6.19. The third kappa shape index (κ3) is 1.97. The van der Waals surface area contributed by atoms with Gasteiger partial charge in [0, 0.05) is 0 Å². The van der Waals surface area contributed by atoms with Crippen molar-refractivity contribution in [2.45, 2.75) is 5.32 Å². The summed E-state index contributed by atoms with van der Waals surface area (Å²) in [6.45, 7) is 1.11. The van der Waals surface area contributed by atoms with Gasteiger partial charge in [0.25, 0.3) is 0 Å². The minimum absolute atomic E-state index is 0.350. The van der Waals surface area contributed by atoms with E-state index >= 15 is 0 Å². The Bertz CT molecular complexity index is 304. The molecule has 0 saturated carbocycles. The van der Waals surface area contributed by atoms with Gasteiger partial charge in [0.15, 0.2) is 0 Å². The van der Waals surface area contributed by atoms with E-state index in [1.54, 1.807) is 0 Å². The molecule has 2 rings (SSSR count). The Morgan fingerprint density at radius 2 is 2.15 bits per heavy atom. The van der Waals surface area contributed by atoms with Crippen molar-refractivity contribution in [1.82, 2.24) is 0 Å². The average Bonchev–Trinajstić information content (AvgIpc) is 2.61. The topological polar surface area (TPSA) is 44.5 Å². The molecule has 0 atom stereocenters. The molecule has 4 heteroatoms. The molecule has 70 valence electrons. The zero-order valence-corrected chi connectivity index (χ0v) is 8.87. The van der Waals surface area contributed by atoms with Gasteiger partial charge >= 0.3 is 83.0 Å². The molecule has 13 heavy (non-hydrogen) atoms. The molecule has 2 N–H and O–H groups in total. The Labute approximate surface area is 83.4 Å². The Balaban J connectivity index is 2.12. The first-order chi connectivity index (χ1) is 6.40. The van der Waals surface area contributed by atoms with Crippen LogP contribution in [0.3, 0.4) is 0 Å². The zero-order chi connectivity index (χ0) is 9.10. The summed E-state index contributed by atoms with van der Waals surface area (Å²) in [6.07, 6.45) is 0. The van der Waals surface area contributed by atoms with Gasteiger partial charge in [-0.15, -0.1) is 0 Å². The van der Waals surface area contributed by atoms with E-state index in [1.165, 1.54) is 4.46 Å². The van der Waals surface area contributed by atoms with E-state index in [1.807, 2.05) is 6.07 Å². The molecule has 0 amide bonds. The molecule has 0 radical (unpaired) electrons.